The zero-order valence-electron chi connectivity index (χ0n) is 11.1. The molecule has 6 heteroatoms. The van der Waals surface area contributed by atoms with Crippen molar-refractivity contribution >= 4 is 17.6 Å². The molecule has 0 aliphatic rings. The molecule has 0 fully saturated rings. The Labute approximate surface area is 120 Å². The molecule has 0 bridgehead atoms. The SMILES string of the molecule is Cc1ccc(NC(=O)c2c(O)cccc2O)cc1C(=O)O. The van der Waals surface area contributed by atoms with Crippen LogP contribution in [0.1, 0.15) is 26.3 Å². The third kappa shape index (κ3) is 2.94. The molecule has 2 aromatic carbocycles. The van der Waals surface area contributed by atoms with Crippen molar-refractivity contribution in [2.24, 2.45) is 0 Å². The minimum absolute atomic E-state index is 0.0642. The van der Waals surface area contributed by atoms with E-state index in [0.29, 0.717) is 5.56 Å². The van der Waals surface area contributed by atoms with Gasteiger partial charge in [-0.2, -0.15) is 0 Å². The summed E-state index contributed by atoms with van der Waals surface area (Å²) in [6.45, 7) is 1.64. The predicted octanol–water partition coefficient (Wildman–Crippen LogP) is 2.36. The molecular weight excluding hydrogens is 274 g/mol. The Morgan fingerprint density at radius 3 is 2.24 bits per heavy atom. The standard InChI is InChI=1S/C15H13NO5/c1-8-5-6-9(7-10(8)15(20)21)16-14(19)13-11(17)3-2-4-12(13)18/h2-7,17-18H,1H3,(H,16,19)(H,20,21). The Bertz CT molecular complexity index is 704. The molecule has 0 aliphatic carbocycles. The highest BCUT2D eigenvalue weighted by Crippen LogP contribution is 2.27. The van der Waals surface area contributed by atoms with Crippen LogP contribution in [-0.4, -0.2) is 27.2 Å². The lowest BCUT2D eigenvalue weighted by Gasteiger charge is -2.10. The molecule has 0 saturated carbocycles. The third-order valence-electron chi connectivity index (χ3n) is 2.97. The van der Waals surface area contributed by atoms with E-state index in [0.717, 1.165) is 0 Å². The molecule has 0 atom stereocenters. The first kappa shape index (κ1) is 14.4. The van der Waals surface area contributed by atoms with Crippen LogP contribution in [-0.2, 0) is 0 Å². The fourth-order valence-corrected chi connectivity index (χ4v) is 1.88. The van der Waals surface area contributed by atoms with Crippen molar-refractivity contribution in [1.29, 1.82) is 0 Å². The summed E-state index contributed by atoms with van der Waals surface area (Å²) in [4.78, 5) is 23.1. The van der Waals surface area contributed by atoms with Gasteiger partial charge in [-0.1, -0.05) is 12.1 Å². The van der Waals surface area contributed by atoms with Gasteiger partial charge < -0.3 is 20.6 Å². The highest BCUT2D eigenvalue weighted by molar-refractivity contribution is 6.08. The molecule has 0 heterocycles. The van der Waals surface area contributed by atoms with Crippen molar-refractivity contribution in [3.8, 4) is 11.5 Å². The lowest BCUT2D eigenvalue weighted by molar-refractivity contribution is 0.0695. The largest absolute Gasteiger partial charge is 0.507 e. The minimum atomic E-state index is -1.10. The second kappa shape index (κ2) is 5.54. The maximum absolute atomic E-state index is 12.0. The highest BCUT2D eigenvalue weighted by Gasteiger charge is 2.17. The molecule has 4 N–H and O–H groups in total. The van der Waals surface area contributed by atoms with Gasteiger partial charge in [0.05, 0.1) is 5.56 Å². The number of hydrogen-bond acceptors (Lipinski definition) is 4. The van der Waals surface area contributed by atoms with E-state index in [2.05, 4.69) is 5.32 Å². The summed E-state index contributed by atoms with van der Waals surface area (Å²) in [7, 11) is 0. The molecule has 0 aromatic heterocycles. The second-order valence-electron chi connectivity index (χ2n) is 4.46. The van der Waals surface area contributed by atoms with Crippen molar-refractivity contribution in [3.05, 3.63) is 53.1 Å². The molecule has 6 nitrogen and oxygen atoms in total. The summed E-state index contributed by atoms with van der Waals surface area (Å²) in [5.41, 5.74) is 0.612. The quantitative estimate of drug-likeness (QED) is 0.693. The summed E-state index contributed by atoms with van der Waals surface area (Å²) in [6, 6.07) is 8.35. The second-order valence-corrected chi connectivity index (χ2v) is 4.46. The number of phenols is 2. The van der Waals surface area contributed by atoms with Gasteiger partial charge in [0.2, 0.25) is 0 Å². The molecule has 0 aliphatic heterocycles. The first-order valence-corrected chi connectivity index (χ1v) is 6.06. The average Bonchev–Trinajstić information content (AvgIpc) is 2.40. The number of phenolic OH excluding ortho intramolecular Hbond substituents is 2. The van der Waals surface area contributed by atoms with E-state index in [9.17, 15) is 19.8 Å². The highest BCUT2D eigenvalue weighted by atomic mass is 16.4. The molecular formula is C15H13NO5. The number of anilines is 1. The number of hydrogen-bond donors (Lipinski definition) is 4. The summed E-state index contributed by atoms with van der Waals surface area (Å²) >= 11 is 0. The molecule has 2 aromatic rings. The first-order chi connectivity index (χ1) is 9.90. The average molecular weight is 287 g/mol. The third-order valence-corrected chi connectivity index (χ3v) is 2.97. The lowest BCUT2D eigenvalue weighted by Crippen LogP contribution is -2.13. The van der Waals surface area contributed by atoms with Gasteiger partial charge in [-0.25, -0.2) is 4.79 Å². The smallest absolute Gasteiger partial charge is 0.336 e. The van der Waals surface area contributed by atoms with Crippen molar-refractivity contribution in [2.75, 3.05) is 5.32 Å². The van der Waals surface area contributed by atoms with Crippen LogP contribution >= 0.6 is 0 Å². The van der Waals surface area contributed by atoms with Crippen molar-refractivity contribution in [1.82, 2.24) is 0 Å². The molecule has 0 saturated heterocycles. The number of amides is 1. The lowest BCUT2D eigenvalue weighted by atomic mass is 10.1. The summed E-state index contributed by atoms with van der Waals surface area (Å²) in [5.74, 6) is -2.56. The van der Waals surface area contributed by atoms with Gasteiger partial charge in [0.1, 0.15) is 17.1 Å². The zero-order valence-corrected chi connectivity index (χ0v) is 11.1. The van der Waals surface area contributed by atoms with Crippen LogP contribution in [0.2, 0.25) is 0 Å². The molecule has 108 valence electrons. The van der Waals surface area contributed by atoms with Crippen LogP contribution in [0, 0.1) is 6.92 Å². The number of benzene rings is 2. The Kier molecular flexibility index (Phi) is 3.80. The van der Waals surface area contributed by atoms with Crippen LogP contribution in [0.15, 0.2) is 36.4 Å². The van der Waals surface area contributed by atoms with Gasteiger partial charge in [-0.05, 0) is 36.8 Å². The Morgan fingerprint density at radius 2 is 1.67 bits per heavy atom. The molecule has 1 amide bonds. The van der Waals surface area contributed by atoms with Crippen molar-refractivity contribution in [2.45, 2.75) is 6.92 Å². The van der Waals surface area contributed by atoms with Gasteiger partial charge in [0.25, 0.3) is 5.91 Å². The van der Waals surface area contributed by atoms with E-state index in [-0.39, 0.29) is 28.3 Å². The fourth-order valence-electron chi connectivity index (χ4n) is 1.88. The number of nitrogens with one attached hydrogen (secondary N) is 1. The Hall–Kier alpha value is -3.02. The number of aryl methyl sites for hydroxylation is 1. The number of aromatic carboxylic acids is 1. The van der Waals surface area contributed by atoms with Crippen LogP contribution < -0.4 is 5.32 Å². The van der Waals surface area contributed by atoms with Gasteiger partial charge in [-0.15, -0.1) is 0 Å². The monoisotopic (exact) mass is 287 g/mol. The fraction of sp³-hybridized carbons (Fsp3) is 0.0667. The number of carboxylic acid groups (broad SMARTS) is 1. The molecule has 0 unspecified atom stereocenters. The van der Waals surface area contributed by atoms with Crippen LogP contribution in [0.3, 0.4) is 0 Å². The molecule has 2 rings (SSSR count). The van der Waals surface area contributed by atoms with Crippen LogP contribution in [0.5, 0.6) is 11.5 Å². The predicted molar refractivity (Wildman–Crippen MR) is 75.9 cm³/mol. The van der Waals surface area contributed by atoms with Crippen molar-refractivity contribution < 1.29 is 24.9 Å². The number of aromatic hydroxyl groups is 2. The number of carbonyl (C=O) groups excluding carboxylic acids is 1. The van der Waals surface area contributed by atoms with E-state index in [1.807, 2.05) is 0 Å². The van der Waals surface area contributed by atoms with E-state index < -0.39 is 11.9 Å². The van der Waals surface area contributed by atoms with Gasteiger partial charge >= 0.3 is 5.97 Å². The molecule has 21 heavy (non-hydrogen) atoms. The number of carbonyl (C=O) groups is 2. The summed E-state index contributed by atoms with van der Waals surface area (Å²) in [5, 5.41) is 30.7. The van der Waals surface area contributed by atoms with Gasteiger partial charge in [0.15, 0.2) is 0 Å². The topological polar surface area (TPSA) is 107 Å². The maximum Gasteiger partial charge on any atom is 0.336 e. The van der Waals surface area contributed by atoms with Gasteiger partial charge in [-0.3, -0.25) is 4.79 Å². The summed E-state index contributed by atoms with van der Waals surface area (Å²) in [6.07, 6.45) is 0. The van der Waals surface area contributed by atoms with E-state index in [1.165, 1.54) is 30.3 Å². The Balaban J connectivity index is 2.32. The van der Waals surface area contributed by atoms with Crippen LogP contribution in [0.25, 0.3) is 0 Å². The maximum atomic E-state index is 12.0. The summed E-state index contributed by atoms with van der Waals surface area (Å²) < 4.78 is 0. The molecule has 0 spiro atoms. The normalized spacial score (nSPS) is 10.1. The number of carboxylic acids is 1. The Morgan fingerprint density at radius 1 is 1.05 bits per heavy atom. The first-order valence-electron chi connectivity index (χ1n) is 6.06. The van der Waals surface area contributed by atoms with Crippen LogP contribution in [0.4, 0.5) is 5.69 Å². The molecule has 0 radical (unpaired) electrons. The van der Waals surface area contributed by atoms with Gasteiger partial charge in [0, 0.05) is 5.69 Å². The van der Waals surface area contributed by atoms with E-state index >= 15 is 0 Å². The zero-order chi connectivity index (χ0) is 15.6. The van der Waals surface area contributed by atoms with E-state index in [4.69, 9.17) is 5.11 Å². The van der Waals surface area contributed by atoms with Crippen molar-refractivity contribution in [3.63, 3.8) is 0 Å². The number of rotatable bonds is 3. The minimum Gasteiger partial charge on any atom is -0.507 e. The van der Waals surface area contributed by atoms with E-state index in [1.54, 1.807) is 13.0 Å².